The molecule has 17 heavy (non-hydrogen) atoms. The Morgan fingerprint density at radius 2 is 2.06 bits per heavy atom. The number of benzene rings is 1. The molecule has 1 aliphatic carbocycles. The van der Waals surface area contributed by atoms with Gasteiger partial charge < -0.3 is 16.0 Å². The standard InChI is InChI=1S/C13H20FN3/c1-17(2)13(4-3-5-13)9-16-12-7-10(14)6-11(15)8-12/h6-8,16H,3-5,9,15H2,1-2H3. The van der Waals surface area contributed by atoms with Gasteiger partial charge in [0, 0.05) is 23.5 Å². The van der Waals surface area contributed by atoms with Gasteiger partial charge in [0.15, 0.2) is 0 Å². The van der Waals surface area contributed by atoms with E-state index in [1.165, 1.54) is 31.4 Å². The Bertz CT molecular complexity index is 379. The summed E-state index contributed by atoms with van der Waals surface area (Å²) in [5, 5.41) is 3.29. The third kappa shape index (κ3) is 2.52. The third-order valence-corrected chi connectivity index (χ3v) is 3.77. The van der Waals surface area contributed by atoms with Gasteiger partial charge in [0.05, 0.1) is 0 Å². The maximum atomic E-state index is 13.2. The van der Waals surface area contributed by atoms with E-state index in [4.69, 9.17) is 5.73 Å². The van der Waals surface area contributed by atoms with Crippen molar-refractivity contribution in [3.8, 4) is 0 Å². The minimum atomic E-state index is -0.292. The van der Waals surface area contributed by atoms with Crippen LogP contribution in [-0.4, -0.2) is 31.1 Å². The van der Waals surface area contributed by atoms with E-state index in [9.17, 15) is 4.39 Å². The van der Waals surface area contributed by atoms with Crippen LogP contribution in [0.15, 0.2) is 18.2 Å². The average Bonchev–Trinajstić information content (AvgIpc) is 2.13. The summed E-state index contributed by atoms with van der Waals surface area (Å²) < 4.78 is 13.2. The molecule has 2 rings (SSSR count). The number of nitrogens with zero attached hydrogens (tertiary/aromatic N) is 1. The molecule has 4 heteroatoms. The van der Waals surface area contributed by atoms with E-state index in [-0.39, 0.29) is 11.4 Å². The number of nitrogen functional groups attached to an aromatic ring is 1. The molecule has 1 aromatic rings. The highest BCUT2D eigenvalue weighted by Gasteiger charge is 2.38. The molecule has 0 spiro atoms. The Kier molecular flexibility index (Phi) is 3.24. The fraction of sp³-hybridized carbons (Fsp3) is 0.538. The van der Waals surface area contributed by atoms with Gasteiger partial charge in [-0.1, -0.05) is 0 Å². The lowest BCUT2D eigenvalue weighted by Gasteiger charge is -2.47. The van der Waals surface area contributed by atoms with Crippen LogP contribution in [0.1, 0.15) is 19.3 Å². The Morgan fingerprint density at radius 1 is 1.35 bits per heavy atom. The molecular formula is C13H20FN3. The Balaban J connectivity index is 2.02. The van der Waals surface area contributed by atoms with Crippen LogP contribution >= 0.6 is 0 Å². The molecule has 0 aromatic heterocycles. The van der Waals surface area contributed by atoms with Gasteiger partial charge >= 0.3 is 0 Å². The molecule has 0 radical (unpaired) electrons. The summed E-state index contributed by atoms with van der Waals surface area (Å²) in [6.45, 7) is 0.836. The second-order valence-corrected chi connectivity index (χ2v) is 5.10. The second-order valence-electron chi connectivity index (χ2n) is 5.10. The lowest BCUT2D eigenvalue weighted by molar-refractivity contribution is 0.0739. The minimum absolute atomic E-state index is 0.223. The first-order valence-corrected chi connectivity index (χ1v) is 5.99. The van der Waals surface area contributed by atoms with Crippen molar-refractivity contribution in [2.75, 3.05) is 31.7 Å². The molecule has 0 aliphatic heterocycles. The van der Waals surface area contributed by atoms with Gasteiger partial charge in [-0.2, -0.15) is 0 Å². The van der Waals surface area contributed by atoms with E-state index in [1.807, 2.05) is 0 Å². The monoisotopic (exact) mass is 237 g/mol. The van der Waals surface area contributed by atoms with Gasteiger partial charge in [0.25, 0.3) is 0 Å². The number of hydrogen-bond acceptors (Lipinski definition) is 3. The number of nitrogens with two attached hydrogens (primary N) is 1. The fourth-order valence-electron chi connectivity index (χ4n) is 2.35. The van der Waals surface area contributed by atoms with Crippen LogP contribution < -0.4 is 11.1 Å². The largest absolute Gasteiger partial charge is 0.399 e. The van der Waals surface area contributed by atoms with Gasteiger partial charge in [-0.3, -0.25) is 0 Å². The van der Waals surface area contributed by atoms with Crippen molar-refractivity contribution < 1.29 is 4.39 Å². The van der Waals surface area contributed by atoms with Crippen molar-refractivity contribution in [3.63, 3.8) is 0 Å². The van der Waals surface area contributed by atoms with Gasteiger partial charge in [0.2, 0.25) is 0 Å². The molecule has 0 atom stereocenters. The van der Waals surface area contributed by atoms with Crippen molar-refractivity contribution in [3.05, 3.63) is 24.0 Å². The van der Waals surface area contributed by atoms with E-state index in [2.05, 4.69) is 24.3 Å². The van der Waals surface area contributed by atoms with Crippen LogP contribution in [0.4, 0.5) is 15.8 Å². The van der Waals surface area contributed by atoms with E-state index < -0.39 is 0 Å². The Hall–Kier alpha value is -1.29. The second kappa shape index (κ2) is 4.53. The van der Waals surface area contributed by atoms with Crippen molar-refractivity contribution in [1.29, 1.82) is 0 Å². The summed E-state index contributed by atoms with van der Waals surface area (Å²) in [6, 6.07) is 4.58. The van der Waals surface area contributed by atoms with Gasteiger partial charge in [-0.05, 0) is 51.6 Å². The van der Waals surface area contributed by atoms with Crippen molar-refractivity contribution in [2.45, 2.75) is 24.8 Å². The summed E-state index contributed by atoms with van der Waals surface area (Å²) in [5.74, 6) is -0.292. The molecule has 94 valence electrons. The quantitative estimate of drug-likeness (QED) is 0.790. The van der Waals surface area contributed by atoms with Crippen LogP contribution in [0.3, 0.4) is 0 Å². The normalized spacial score (nSPS) is 17.9. The third-order valence-electron chi connectivity index (χ3n) is 3.77. The smallest absolute Gasteiger partial charge is 0.127 e. The van der Waals surface area contributed by atoms with Crippen LogP contribution in [0.2, 0.25) is 0 Å². The first kappa shape index (κ1) is 12.2. The van der Waals surface area contributed by atoms with Crippen LogP contribution in [0.5, 0.6) is 0 Å². The zero-order valence-electron chi connectivity index (χ0n) is 10.5. The fourth-order valence-corrected chi connectivity index (χ4v) is 2.35. The molecule has 0 heterocycles. The summed E-state index contributed by atoms with van der Waals surface area (Å²) in [7, 11) is 4.20. The van der Waals surface area contributed by atoms with E-state index in [0.29, 0.717) is 5.69 Å². The highest BCUT2D eigenvalue weighted by atomic mass is 19.1. The minimum Gasteiger partial charge on any atom is -0.399 e. The number of hydrogen-bond donors (Lipinski definition) is 2. The van der Waals surface area contributed by atoms with Gasteiger partial charge in [-0.25, -0.2) is 4.39 Å². The Labute approximate surface area is 102 Å². The maximum absolute atomic E-state index is 13.2. The average molecular weight is 237 g/mol. The molecule has 1 fully saturated rings. The number of halogens is 1. The molecule has 1 aliphatic rings. The molecule has 1 aromatic carbocycles. The number of anilines is 2. The van der Waals surface area contributed by atoms with Crippen LogP contribution in [-0.2, 0) is 0 Å². The number of likely N-dealkylation sites (N-methyl/N-ethyl adjacent to an activating group) is 1. The van der Waals surface area contributed by atoms with E-state index in [0.717, 1.165) is 12.2 Å². The first-order valence-electron chi connectivity index (χ1n) is 5.99. The molecule has 0 bridgehead atoms. The summed E-state index contributed by atoms with van der Waals surface area (Å²) in [4.78, 5) is 2.26. The van der Waals surface area contributed by atoms with Crippen LogP contribution in [0.25, 0.3) is 0 Å². The maximum Gasteiger partial charge on any atom is 0.127 e. The van der Waals surface area contributed by atoms with Crippen molar-refractivity contribution in [1.82, 2.24) is 4.90 Å². The molecule has 0 unspecified atom stereocenters. The van der Waals surface area contributed by atoms with Crippen molar-refractivity contribution >= 4 is 11.4 Å². The summed E-state index contributed by atoms with van der Waals surface area (Å²) >= 11 is 0. The summed E-state index contributed by atoms with van der Waals surface area (Å²) in [6.07, 6.45) is 3.65. The molecule has 3 nitrogen and oxygen atoms in total. The predicted molar refractivity (Wildman–Crippen MR) is 69.6 cm³/mol. The topological polar surface area (TPSA) is 41.3 Å². The zero-order chi connectivity index (χ0) is 12.5. The van der Waals surface area contributed by atoms with Crippen molar-refractivity contribution in [2.24, 2.45) is 0 Å². The van der Waals surface area contributed by atoms with Gasteiger partial charge in [0.1, 0.15) is 5.82 Å². The molecule has 3 N–H and O–H groups in total. The number of nitrogens with one attached hydrogen (secondary N) is 1. The SMILES string of the molecule is CN(C)C1(CNc2cc(N)cc(F)c2)CCC1. The van der Waals surface area contributed by atoms with E-state index >= 15 is 0 Å². The highest BCUT2D eigenvalue weighted by molar-refractivity contribution is 5.54. The molecule has 0 saturated heterocycles. The molecule has 1 saturated carbocycles. The number of rotatable bonds is 4. The lowest BCUT2D eigenvalue weighted by Crippen LogP contribution is -2.54. The first-order chi connectivity index (χ1) is 8.02. The van der Waals surface area contributed by atoms with Crippen LogP contribution in [0, 0.1) is 5.82 Å². The van der Waals surface area contributed by atoms with Gasteiger partial charge in [-0.15, -0.1) is 0 Å². The lowest BCUT2D eigenvalue weighted by atomic mass is 9.75. The summed E-state index contributed by atoms with van der Waals surface area (Å²) in [5.41, 5.74) is 7.06. The Morgan fingerprint density at radius 3 is 2.53 bits per heavy atom. The van der Waals surface area contributed by atoms with E-state index in [1.54, 1.807) is 6.07 Å². The zero-order valence-corrected chi connectivity index (χ0v) is 10.5. The molecular weight excluding hydrogens is 217 g/mol. The highest BCUT2D eigenvalue weighted by Crippen LogP contribution is 2.36. The molecule has 0 amide bonds. The predicted octanol–water partition coefficient (Wildman–Crippen LogP) is 2.30.